The highest BCUT2D eigenvalue weighted by Crippen LogP contribution is 2.27. The van der Waals surface area contributed by atoms with Gasteiger partial charge in [-0.2, -0.15) is 15.1 Å². The second-order valence-corrected chi connectivity index (χ2v) is 10.2. The third-order valence-electron chi connectivity index (χ3n) is 7.31. The maximum Gasteiger partial charge on any atom is 0.224 e. The van der Waals surface area contributed by atoms with Gasteiger partial charge in [0.15, 0.2) is 23.1 Å². The third-order valence-corrected chi connectivity index (χ3v) is 7.31. The van der Waals surface area contributed by atoms with Crippen molar-refractivity contribution < 1.29 is 4.39 Å². The Labute approximate surface area is 242 Å². The highest BCUT2D eigenvalue weighted by Gasteiger charge is 2.21. The van der Waals surface area contributed by atoms with Crippen LogP contribution in [0.3, 0.4) is 0 Å². The SMILES string of the molecule is Cc1ccnc(-c2ccc(F)c(N3CCN(CCn4ncc5c(N=C(N)c6ncccc6C)nc(N)nc54)CC3)c2)n1. The van der Waals surface area contributed by atoms with Crippen molar-refractivity contribution in [2.45, 2.75) is 20.4 Å². The van der Waals surface area contributed by atoms with Crippen molar-refractivity contribution in [1.29, 1.82) is 0 Å². The monoisotopic (exact) mass is 566 g/mol. The smallest absolute Gasteiger partial charge is 0.224 e. The fourth-order valence-electron chi connectivity index (χ4n) is 5.06. The van der Waals surface area contributed by atoms with Crippen LogP contribution >= 0.6 is 0 Å². The first-order valence-electron chi connectivity index (χ1n) is 13.7. The van der Waals surface area contributed by atoms with E-state index in [4.69, 9.17) is 11.5 Å². The normalized spacial score (nSPS) is 14.5. The molecule has 0 saturated carbocycles. The van der Waals surface area contributed by atoms with E-state index >= 15 is 0 Å². The van der Waals surface area contributed by atoms with Crippen LogP contribution in [0.25, 0.3) is 22.4 Å². The molecule has 6 rings (SSSR count). The fourth-order valence-corrected chi connectivity index (χ4v) is 5.06. The summed E-state index contributed by atoms with van der Waals surface area (Å²) < 4.78 is 16.6. The van der Waals surface area contributed by atoms with Crippen molar-refractivity contribution in [2.24, 2.45) is 10.7 Å². The van der Waals surface area contributed by atoms with E-state index in [9.17, 15) is 4.39 Å². The Hall–Kier alpha value is -5.04. The van der Waals surface area contributed by atoms with Gasteiger partial charge in [0.05, 0.1) is 23.8 Å². The molecule has 5 aromatic rings. The predicted molar refractivity (Wildman–Crippen MR) is 160 cm³/mol. The van der Waals surface area contributed by atoms with E-state index in [-0.39, 0.29) is 17.6 Å². The molecule has 0 aliphatic carbocycles. The molecule has 4 aromatic heterocycles. The van der Waals surface area contributed by atoms with Gasteiger partial charge in [0.1, 0.15) is 11.5 Å². The van der Waals surface area contributed by atoms with Crippen molar-refractivity contribution in [3.63, 3.8) is 0 Å². The molecule has 1 aliphatic heterocycles. The van der Waals surface area contributed by atoms with Gasteiger partial charge in [-0.1, -0.05) is 6.07 Å². The van der Waals surface area contributed by atoms with E-state index in [0.717, 1.165) is 36.5 Å². The van der Waals surface area contributed by atoms with Gasteiger partial charge in [0, 0.05) is 56.4 Å². The molecule has 42 heavy (non-hydrogen) atoms. The van der Waals surface area contributed by atoms with Crippen LogP contribution < -0.4 is 16.4 Å². The summed E-state index contributed by atoms with van der Waals surface area (Å²) in [6.45, 7) is 8.09. The molecule has 4 N–H and O–H groups in total. The molecule has 0 atom stereocenters. The average molecular weight is 567 g/mol. The average Bonchev–Trinajstić information content (AvgIpc) is 3.39. The minimum atomic E-state index is -0.252. The van der Waals surface area contributed by atoms with Crippen LogP contribution in [0.1, 0.15) is 17.0 Å². The number of fused-ring (bicyclic) bond motifs is 1. The largest absolute Gasteiger partial charge is 0.382 e. The number of nitrogens with two attached hydrogens (primary N) is 2. The Balaban J connectivity index is 1.13. The van der Waals surface area contributed by atoms with E-state index in [0.29, 0.717) is 53.7 Å². The molecule has 12 nitrogen and oxygen atoms in total. The van der Waals surface area contributed by atoms with Crippen LogP contribution in [-0.4, -0.2) is 78.2 Å². The maximum atomic E-state index is 14.8. The Morgan fingerprint density at radius 3 is 2.60 bits per heavy atom. The number of aryl methyl sites for hydroxylation is 2. The van der Waals surface area contributed by atoms with Crippen molar-refractivity contribution in [3.8, 4) is 11.4 Å². The Morgan fingerprint density at radius 1 is 0.976 bits per heavy atom. The van der Waals surface area contributed by atoms with Crippen LogP contribution in [0.4, 0.5) is 21.8 Å². The lowest BCUT2D eigenvalue weighted by Crippen LogP contribution is -2.47. The number of aromatic nitrogens is 7. The topological polar surface area (TPSA) is 153 Å². The predicted octanol–water partition coefficient (Wildman–Crippen LogP) is 2.88. The van der Waals surface area contributed by atoms with Crippen LogP contribution in [0, 0.1) is 19.7 Å². The van der Waals surface area contributed by atoms with Gasteiger partial charge in [-0.25, -0.2) is 24.0 Å². The first kappa shape index (κ1) is 27.1. The number of nitrogen functional groups attached to an aromatic ring is 1. The van der Waals surface area contributed by atoms with E-state index in [1.807, 2.05) is 38.1 Å². The van der Waals surface area contributed by atoms with E-state index in [1.165, 1.54) is 6.07 Å². The fraction of sp³-hybridized carbons (Fsp3) is 0.276. The van der Waals surface area contributed by atoms with E-state index in [2.05, 4.69) is 44.8 Å². The number of rotatable bonds is 7. The minimum Gasteiger partial charge on any atom is -0.382 e. The van der Waals surface area contributed by atoms with Gasteiger partial charge >= 0.3 is 0 Å². The van der Waals surface area contributed by atoms with Crippen LogP contribution in [-0.2, 0) is 6.54 Å². The van der Waals surface area contributed by atoms with Crippen LogP contribution in [0.2, 0.25) is 0 Å². The highest BCUT2D eigenvalue weighted by atomic mass is 19.1. The van der Waals surface area contributed by atoms with Crippen molar-refractivity contribution in [2.75, 3.05) is 43.4 Å². The van der Waals surface area contributed by atoms with Crippen LogP contribution in [0.15, 0.2) is 60.0 Å². The zero-order valence-corrected chi connectivity index (χ0v) is 23.4. The molecule has 0 bridgehead atoms. The lowest BCUT2D eigenvalue weighted by molar-refractivity contribution is 0.245. The van der Waals surface area contributed by atoms with Gasteiger partial charge in [-0.15, -0.1) is 0 Å². The molecular weight excluding hydrogens is 535 g/mol. The molecule has 1 aliphatic rings. The first-order chi connectivity index (χ1) is 20.4. The van der Waals surface area contributed by atoms with Crippen molar-refractivity contribution in [3.05, 3.63) is 77.8 Å². The standard InChI is InChI=1S/C29H31FN12/c1-18-4-3-8-33-24(18)25(31)37-27-21-17-35-42(28(21)39-29(32)38-27)15-12-40-10-13-41(14-11-40)23-16-20(5-6-22(23)30)26-34-9-7-19(2)36-26/h3-9,16-17H,10-15H2,1-2H3,(H4,31,32,37,38,39). The third kappa shape index (κ3) is 5.59. The molecule has 13 heteroatoms. The van der Waals surface area contributed by atoms with E-state index < -0.39 is 0 Å². The lowest BCUT2D eigenvalue weighted by Gasteiger charge is -2.36. The molecule has 0 spiro atoms. The van der Waals surface area contributed by atoms with Crippen LogP contribution in [0.5, 0.6) is 0 Å². The second kappa shape index (κ2) is 11.4. The van der Waals surface area contributed by atoms with Crippen molar-refractivity contribution >= 4 is 34.3 Å². The molecule has 1 aromatic carbocycles. The molecule has 0 amide bonds. The summed E-state index contributed by atoms with van der Waals surface area (Å²) in [4.78, 5) is 30.8. The lowest BCUT2D eigenvalue weighted by atomic mass is 10.1. The van der Waals surface area contributed by atoms with Crippen molar-refractivity contribution in [1.82, 2.24) is 39.6 Å². The molecular formula is C29H31FN12. The number of aliphatic imine (C=N–C) groups is 1. The number of anilines is 2. The molecule has 0 radical (unpaired) electrons. The number of amidine groups is 1. The number of hydrogen-bond acceptors (Lipinski definition) is 10. The molecule has 0 unspecified atom stereocenters. The molecule has 214 valence electrons. The molecule has 1 saturated heterocycles. The van der Waals surface area contributed by atoms with Gasteiger partial charge in [-0.3, -0.25) is 9.88 Å². The Bertz CT molecular complexity index is 1770. The number of hydrogen-bond donors (Lipinski definition) is 2. The second-order valence-electron chi connectivity index (χ2n) is 10.2. The quantitative estimate of drug-likeness (QED) is 0.222. The van der Waals surface area contributed by atoms with Gasteiger partial charge in [-0.05, 0) is 49.7 Å². The van der Waals surface area contributed by atoms with Gasteiger partial charge < -0.3 is 16.4 Å². The first-order valence-corrected chi connectivity index (χ1v) is 13.7. The minimum absolute atomic E-state index is 0.0856. The summed E-state index contributed by atoms with van der Waals surface area (Å²) in [5.41, 5.74) is 16.6. The number of benzene rings is 1. The number of pyridine rings is 1. The summed E-state index contributed by atoms with van der Waals surface area (Å²) in [6, 6.07) is 10.6. The summed E-state index contributed by atoms with van der Waals surface area (Å²) in [6.07, 6.45) is 5.06. The zero-order chi connectivity index (χ0) is 29.2. The number of piperazine rings is 1. The van der Waals surface area contributed by atoms with Gasteiger partial charge in [0.2, 0.25) is 5.95 Å². The summed E-state index contributed by atoms with van der Waals surface area (Å²) in [5, 5.41) is 5.18. The summed E-state index contributed by atoms with van der Waals surface area (Å²) >= 11 is 0. The van der Waals surface area contributed by atoms with E-state index in [1.54, 1.807) is 29.3 Å². The Morgan fingerprint density at radius 2 is 1.81 bits per heavy atom. The summed E-state index contributed by atoms with van der Waals surface area (Å²) in [5.74, 6) is 1.01. The summed E-state index contributed by atoms with van der Waals surface area (Å²) in [7, 11) is 0. The number of nitrogens with zero attached hydrogens (tertiary/aromatic N) is 10. The highest BCUT2D eigenvalue weighted by molar-refractivity contribution is 6.00. The number of halogens is 1. The van der Waals surface area contributed by atoms with Gasteiger partial charge in [0.25, 0.3) is 0 Å². The maximum absolute atomic E-state index is 14.8. The Kier molecular flexibility index (Phi) is 7.40. The zero-order valence-electron chi connectivity index (χ0n) is 23.4. The molecule has 1 fully saturated rings. The molecule has 5 heterocycles.